The summed E-state index contributed by atoms with van der Waals surface area (Å²) in [5, 5.41) is 22.7. The molecule has 3 aromatic rings. The summed E-state index contributed by atoms with van der Waals surface area (Å²) in [5.74, 6) is 0. The molecular formula is C20H18N4O6S. The fraction of sp³-hybridized carbons (Fsp3) is 0.200. The molecule has 1 fully saturated rings. The third kappa shape index (κ3) is 3.80. The summed E-state index contributed by atoms with van der Waals surface area (Å²) in [6.07, 6.45) is 0. The number of nitro benzene ring substituents is 2. The summed E-state index contributed by atoms with van der Waals surface area (Å²) in [7, 11) is -3.86. The predicted molar refractivity (Wildman–Crippen MR) is 115 cm³/mol. The van der Waals surface area contributed by atoms with E-state index in [1.165, 1.54) is 40.7 Å². The number of anilines is 1. The monoisotopic (exact) mass is 442 g/mol. The lowest BCUT2D eigenvalue weighted by atomic mass is 10.1. The Kier molecular flexibility index (Phi) is 5.29. The van der Waals surface area contributed by atoms with Crippen molar-refractivity contribution in [3.8, 4) is 0 Å². The van der Waals surface area contributed by atoms with E-state index in [4.69, 9.17) is 0 Å². The number of piperazine rings is 1. The second-order valence-electron chi connectivity index (χ2n) is 7.05. The van der Waals surface area contributed by atoms with Crippen molar-refractivity contribution in [2.24, 2.45) is 0 Å². The number of nitrogens with zero attached hydrogens (tertiary/aromatic N) is 4. The SMILES string of the molecule is O=[N+]([O-])c1ccc(N2CCN(S(=O)(=O)c3cccc4c([N+](=O)[O-])cccc34)CC2)cc1. The van der Waals surface area contributed by atoms with E-state index >= 15 is 0 Å². The first-order chi connectivity index (χ1) is 14.8. The minimum atomic E-state index is -3.86. The van der Waals surface area contributed by atoms with Gasteiger partial charge in [-0.15, -0.1) is 0 Å². The van der Waals surface area contributed by atoms with Gasteiger partial charge >= 0.3 is 0 Å². The average molecular weight is 442 g/mol. The molecule has 0 aliphatic carbocycles. The number of benzene rings is 3. The van der Waals surface area contributed by atoms with Crippen LogP contribution < -0.4 is 4.90 Å². The van der Waals surface area contributed by atoms with Gasteiger partial charge in [0, 0.05) is 55.5 Å². The Hall–Kier alpha value is -3.57. The van der Waals surface area contributed by atoms with Gasteiger partial charge in [-0.05, 0) is 24.3 Å². The van der Waals surface area contributed by atoms with E-state index in [0.29, 0.717) is 18.5 Å². The summed E-state index contributed by atoms with van der Waals surface area (Å²) >= 11 is 0. The molecule has 11 heteroatoms. The maximum absolute atomic E-state index is 13.3. The van der Waals surface area contributed by atoms with Gasteiger partial charge in [0.05, 0.1) is 20.1 Å². The summed E-state index contributed by atoms with van der Waals surface area (Å²) in [5.41, 5.74) is 0.635. The van der Waals surface area contributed by atoms with E-state index in [0.717, 1.165) is 5.69 Å². The molecule has 0 aromatic heterocycles. The van der Waals surface area contributed by atoms with E-state index in [9.17, 15) is 28.6 Å². The highest BCUT2D eigenvalue weighted by atomic mass is 32.2. The standard InChI is InChI=1S/C20H18N4O6S/c25-23(26)16-9-7-15(8-10-16)21-11-13-22(14-12-21)31(29,30)20-6-2-3-17-18(20)4-1-5-19(17)24(27)28/h1-10H,11-14H2. The van der Waals surface area contributed by atoms with E-state index in [-0.39, 0.29) is 34.7 Å². The van der Waals surface area contributed by atoms with Gasteiger partial charge in [0.15, 0.2) is 0 Å². The van der Waals surface area contributed by atoms with Crippen molar-refractivity contribution in [1.82, 2.24) is 4.31 Å². The number of hydrogen-bond acceptors (Lipinski definition) is 7. The fourth-order valence-electron chi connectivity index (χ4n) is 3.76. The molecule has 0 saturated carbocycles. The van der Waals surface area contributed by atoms with Gasteiger partial charge in [-0.1, -0.05) is 18.2 Å². The first-order valence-corrected chi connectivity index (χ1v) is 10.9. The molecule has 0 atom stereocenters. The highest BCUT2D eigenvalue weighted by Crippen LogP contribution is 2.32. The second-order valence-corrected chi connectivity index (χ2v) is 8.96. The van der Waals surface area contributed by atoms with Gasteiger partial charge in [-0.25, -0.2) is 8.42 Å². The molecule has 3 aromatic carbocycles. The lowest BCUT2D eigenvalue weighted by Gasteiger charge is -2.35. The van der Waals surface area contributed by atoms with Crippen LogP contribution in [0.1, 0.15) is 0 Å². The number of sulfonamides is 1. The van der Waals surface area contributed by atoms with Crippen LogP contribution in [0.25, 0.3) is 10.8 Å². The first kappa shape index (κ1) is 20.7. The normalized spacial score (nSPS) is 15.2. The maximum Gasteiger partial charge on any atom is 0.277 e. The topological polar surface area (TPSA) is 127 Å². The predicted octanol–water partition coefficient (Wildman–Crippen LogP) is 3.17. The molecule has 0 radical (unpaired) electrons. The molecule has 160 valence electrons. The van der Waals surface area contributed by atoms with Gasteiger partial charge in [-0.2, -0.15) is 4.31 Å². The molecule has 4 rings (SSSR count). The van der Waals surface area contributed by atoms with Crippen LogP contribution in [0.5, 0.6) is 0 Å². The molecule has 1 heterocycles. The van der Waals surface area contributed by atoms with Crippen LogP contribution in [0.2, 0.25) is 0 Å². The van der Waals surface area contributed by atoms with Crippen molar-refractivity contribution < 1.29 is 18.3 Å². The van der Waals surface area contributed by atoms with Gasteiger partial charge in [0.2, 0.25) is 10.0 Å². The molecule has 1 saturated heterocycles. The van der Waals surface area contributed by atoms with Crippen LogP contribution in [0.3, 0.4) is 0 Å². The summed E-state index contributed by atoms with van der Waals surface area (Å²) < 4.78 is 28.0. The maximum atomic E-state index is 13.3. The minimum Gasteiger partial charge on any atom is -0.369 e. The zero-order valence-electron chi connectivity index (χ0n) is 16.2. The largest absolute Gasteiger partial charge is 0.369 e. The molecular weight excluding hydrogens is 424 g/mol. The Morgan fingerprint density at radius 3 is 1.97 bits per heavy atom. The van der Waals surface area contributed by atoms with E-state index in [1.807, 2.05) is 4.90 Å². The van der Waals surface area contributed by atoms with Crippen LogP contribution in [0.15, 0.2) is 65.6 Å². The Balaban J connectivity index is 1.58. The molecule has 0 amide bonds. The molecule has 0 N–H and O–H groups in total. The zero-order chi connectivity index (χ0) is 22.2. The van der Waals surface area contributed by atoms with Crippen molar-refractivity contribution in [2.45, 2.75) is 4.90 Å². The van der Waals surface area contributed by atoms with E-state index < -0.39 is 19.9 Å². The number of hydrogen-bond donors (Lipinski definition) is 0. The van der Waals surface area contributed by atoms with E-state index in [2.05, 4.69) is 0 Å². The third-order valence-corrected chi connectivity index (χ3v) is 7.29. The van der Waals surface area contributed by atoms with Crippen molar-refractivity contribution in [3.63, 3.8) is 0 Å². The Labute approximate surface area is 177 Å². The van der Waals surface area contributed by atoms with Crippen molar-refractivity contribution in [2.75, 3.05) is 31.1 Å². The summed E-state index contributed by atoms with van der Waals surface area (Å²) in [6.45, 7) is 1.29. The van der Waals surface area contributed by atoms with Crippen LogP contribution in [0.4, 0.5) is 17.1 Å². The van der Waals surface area contributed by atoms with Crippen LogP contribution in [-0.4, -0.2) is 48.7 Å². The fourth-order valence-corrected chi connectivity index (χ4v) is 5.39. The quantitative estimate of drug-likeness (QED) is 0.439. The van der Waals surface area contributed by atoms with Crippen LogP contribution in [-0.2, 0) is 10.0 Å². The van der Waals surface area contributed by atoms with Crippen molar-refractivity contribution in [3.05, 3.63) is 80.9 Å². The number of rotatable bonds is 5. The Morgan fingerprint density at radius 1 is 0.742 bits per heavy atom. The number of nitro groups is 2. The summed E-state index contributed by atoms with van der Waals surface area (Å²) in [4.78, 5) is 23.1. The molecule has 1 aliphatic heterocycles. The average Bonchev–Trinajstić information content (AvgIpc) is 2.78. The first-order valence-electron chi connectivity index (χ1n) is 9.45. The van der Waals surface area contributed by atoms with Crippen LogP contribution >= 0.6 is 0 Å². The van der Waals surface area contributed by atoms with Crippen LogP contribution in [0, 0.1) is 20.2 Å². The molecule has 1 aliphatic rings. The summed E-state index contributed by atoms with van der Waals surface area (Å²) in [6, 6.07) is 15.0. The van der Waals surface area contributed by atoms with Crippen molar-refractivity contribution in [1.29, 1.82) is 0 Å². The molecule has 10 nitrogen and oxygen atoms in total. The number of fused-ring (bicyclic) bond motifs is 1. The van der Waals surface area contributed by atoms with Gasteiger partial charge in [0.1, 0.15) is 0 Å². The second kappa shape index (κ2) is 7.93. The van der Waals surface area contributed by atoms with Gasteiger partial charge < -0.3 is 4.90 Å². The smallest absolute Gasteiger partial charge is 0.277 e. The minimum absolute atomic E-state index is 0.00462. The highest BCUT2D eigenvalue weighted by molar-refractivity contribution is 7.89. The molecule has 0 spiro atoms. The molecule has 0 unspecified atom stereocenters. The van der Waals surface area contributed by atoms with E-state index in [1.54, 1.807) is 24.3 Å². The Bertz CT molecular complexity index is 1270. The third-order valence-electron chi connectivity index (χ3n) is 5.34. The van der Waals surface area contributed by atoms with Gasteiger partial charge in [0.25, 0.3) is 11.4 Å². The number of non-ortho nitro benzene ring substituents is 2. The zero-order valence-corrected chi connectivity index (χ0v) is 17.1. The Morgan fingerprint density at radius 2 is 1.35 bits per heavy atom. The highest BCUT2D eigenvalue weighted by Gasteiger charge is 2.30. The van der Waals surface area contributed by atoms with Crippen molar-refractivity contribution >= 4 is 37.9 Å². The van der Waals surface area contributed by atoms with Gasteiger partial charge in [-0.3, -0.25) is 20.2 Å². The lowest BCUT2D eigenvalue weighted by Crippen LogP contribution is -2.48. The molecule has 31 heavy (non-hydrogen) atoms. The lowest BCUT2D eigenvalue weighted by molar-refractivity contribution is -0.384. The molecule has 0 bridgehead atoms.